The molecule has 0 rings (SSSR count). The topological polar surface area (TPSA) is 64.6 Å². The van der Waals surface area contributed by atoms with Crippen molar-refractivity contribution in [3.05, 3.63) is 0 Å². The number of nitrogens with one attached hydrogen (secondary N) is 1. The summed E-state index contributed by atoms with van der Waals surface area (Å²) in [6.45, 7) is 4.65. The predicted molar refractivity (Wildman–Crippen MR) is 64.6 cm³/mol. The van der Waals surface area contributed by atoms with E-state index in [4.69, 9.17) is 9.47 Å². The molecule has 1 N–H and O–H groups in total. The lowest BCUT2D eigenvalue weighted by molar-refractivity contribution is -0.145. The molecule has 1 unspecified atom stereocenters. The molecule has 5 heteroatoms. The van der Waals surface area contributed by atoms with Crippen LogP contribution in [0.5, 0.6) is 0 Å². The summed E-state index contributed by atoms with van der Waals surface area (Å²) in [6.07, 6.45) is 2.97. The highest BCUT2D eigenvalue weighted by Crippen LogP contribution is 2.02. The van der Waals surface area contributed by atoms with Crippen LogP contribution in [-0.4, -0.2) is 38.2 Å². The van der Waals surface area contributed by atoms with Crippen LogP contribution >= 0.6 is 0 Å². The molecule has 1 atom stereocenters. The van der Waals surface area contributed by atoms with Gasteiger partial charge in [0.1, 0.15) is 6.04 Å². The first-order valence-corrected chi connectivity index (χ1v) is 6.12. The van der Waals surface area contributed by atoms with Crippen LogP contribution in [0, 0.1) is 0 Å². The lowest BCUT2D eigenvalue weighted by Crippen LogP contribution is -2.38. The van der Waals surface area contributed by atoms with Gasteiger partial charge in [-0.3, -0.25) is 9.59 Å². The fraction of sp³-hybridized carbons (Fsp3) is 0.833. The summed E-state index contributed by atoms with van der Waals surface area (Å²) < 4.78 is 9.49. The third kappa shape index (κ3) is 7.74. The lowest BCUT2D eigenvalue weighted by Gasteiger charge is -2.15. The summed E-state index contributed by atoms with van der Waals surface area (Å²) in [4.78, 5) is 22.5. The number of rotatable bonds is 9. The fourth-order valence-electron chi connectivity index (χ4n) is 1.44. The minimum atomic E-state index is -0.325. The summed E-state index contributed by atoms with van der Waals surface area (Å²) in [6, 6.07) is -0.325. The molecule has 0 spiro atoms. The quantitative estimate of drug-likeness (QED) is 0.620. The van der Waals surface area contributed by atoms with Crippen LogP contribution < -0.4 is 5.32 Å². The van der Waals surface area contributed by atoms with E-state index in [0.717, 1.165) is 19.3 Å². The van der Waals surface area contributed by atoms with Crippen molar-refractivity contribution in [1.82, 2.24) is 5.32 Å². The first-order chi connectivity index (χ1) is 8.15. The standard InChI is InChI=1S/C12H23NO4/c1-4-6-7-10(12(15)16-3)13-9-8-11(14)17-5-2/h10,13H,4-9H2,1-3H3. The van der Waals surface area contributed by atoms with Crippen LogP contribution in [0.3, 0.4) is 0 Å². The molecule has 0 aromatic heterocycles. The molecule has 0 radical (unpaired) electrons. The van der Waals surface area contributed by atoms with Crippen LogP contribution in [0.25, 0.3) is 0 Å². The molecule has 0 saturated carbocycles. The molecular formula is C12H23NO4. The summed E-state index contributed by atoms with van der Waals surface area (Å²) in [5, 5.41) is 3.02. The minimum Gasteiger partial charge on any atom is -0.468 e. The minimum absolute atomic E-state index is 0.251. The molecular weight excluding hydrogens is 222 g/mol. The molecule has 0 bridgehead atoms. The van der Waals surface area contributed by atoms with E-state index in [1.807, 2.05) is 0 Å². The van der Waals surface area contributed by atoms with Gasteiger partial charge in [-0.15, -0.1) is 0 Å². The van der Waals surface area contributed by atoms with Gasteiger partial charge in [-0.2, -0.15) is 0 Å². The van der Waals surface area contributed by atoms with Crippen molar-refractivity contribution in [3.8, 4) is 0 Å². The molecule has 0 aromatic rings. The third-order valence-corrected chi connectivity index (χ3v) is 2.36. The van der Waals surface area contributed by atoms with E-state index in [1.165, 1.54) is 7.11 Å². The van der Waals surface area contributed by atoms with Crippen molar-refractivity contribution in [1.29, 1.82) is 0 Å². The Morgan fingerprint density at radius 2 is 2.00 bits per heavy atom. The number of ether oxygens (including phenoxy) is 2. The Kier molecular flexibility index (Phi) is 9.43. The fourth-order valence-corrected chi connectivity index (χ4v) is 1.44. The van der Waals surface area contributed by atoms with Gasteiger partial charge in [0.15, 0.2) is 0 Å². The zero-order valence-corrected chi connectivity index (χ0v) is 11.0. The number of esters is 2. The molecule has 0 aliphatic rings. The number of methoxy groups -OCH3 is 1. The van der Waals surface area contributed by atoms with E-state index in [2.05, 4.69) is 12.2 Å². The summed E-state index contributed by atoms with van der Waals surface area (Å²) in [7, 11) is 1.37. The molecule has 5 nitrogen and oxygen atoms in total. The zero-order valence-electron chi connectivity index (χ0n) is 11.0. The van der Waals surface area contributed by atoms with Gasteiger partial charge in [-0.05, 0) is 13.3 Å². The summed E-state index contributed by atoms with van der Waals surface area (Å²) in [5.74, 6) is -0.526. The summed E-state index contributed by atoms with van der Waals surface area (Å²) in [5.41, 5.74) is 0. The Morgan fingerprint density at radius 3 is 2.53 bits per heavy atom. The molecule has 0 amide bonds. The van der Waals surface area contributed by atoms with Gasteiger partial charge in [-0.25, -0.2) is 0 Å². The molecule has 0 fully saturated rings. The highest BCUT2D eigenvalue weighted by molar-refractivity contribution is 5.75. The highest BCUT2D eigenvalue weighted by Gasteiger charge is 2.17. The predicted octanol–water partition coefficient (Wildman–Crippen LogP) is 1.26. The van der Waals surface area contributed by atoms with Crippen molar-refractivity contribution in [3.63, 3.8) is 0 Å². The van der Waals surface area contributed by atoms with E-state index in [-0.39, 0.29) is 24.4 Å². The van der Waals surface area contributed by atoms with E-state index in [0.29, 0.717) is 13.2 Å². The largest absolute Gasteiger partial charge is 0.468 e. The molecule has 0 heterocycles. The Morgan fingerprint density at radius 1 is 1.29 bits per heavy atom. The van der Waals surface area contributed by atoms with Gasteiger partial charge < -0.3 is 14.8 Å². The van der Waals surface area contributed by atoms with Gasteiger partial charge in [0.2, 0.25) is 0 Å². The second kappa shape index (κ2) is 10.1. The van der Waals surface area contributed by atoms with Crippen molar-refractivity contribution in [2.75, 3.05) is 20.3 Å². The maximum Gasteiger partial charge on any atom is 0.322 e. The van der Waals surface area contributed by atoms with E-state index < -0.39 is 0 Å². The number of carbonyl (C=O) groups excluding carboxylic acids is 2. The number of hydrogen-bond donors (Lipinski definition) is 1. The smallest absolute Gasteiger partial charge is 0.322 e. The van der Waals surface area contributed by atoms with Crippen LogP contribution in [-0.2, 0) is 19.1 Å². The van der Waals surface area contributed by atoms with E-state index in [1.54, 1.807) is 6.92 Å². The average molecular weight is 245 g/mol. The first-order valence-electron chi connectivity index (χ1n) is 6.12. The highest BCUT2D eigenvalue weighted by atomic mass is 16.5. The monoisotopic (exact) mass is 245 g/mol. The van der Waals surface area contributed by atoms with Crippen LogP contribution in [0.2, 0.25) is 0 Å². The first kappa shape index (κ1) is 15.9. The maximum atomic E-state index is 11.4. The Labute approximate surface area is 103 Å². The average Bonchev–Trinajstić information content (AvgIpc) is 2.32. The Balaban J connectivity index is 3.90. The normalized spacial score (nSPS) is 11.9. The number of hydrogen-bond acceptors (Lipinski definition) is 5. The zero-order chi connectivity index (χ0) is 13.1. The van der Waals surface area contributed by atoms with Crippen molar-refractivity contribution < 1.29 is 19.1 Å². The van der Waals surface area contributed by atoms with Crippen molar-refractivity contribution >= 4 is 11.9 Å². The van der Waals surface area contributed by atoms with Crippen molar-refractivity contribution in [2.45, 2.75) is 45.6 Å². The van der Waals surface area contributed by atoms with Gasteiger partial charge in [0, 0.05) is 6.54 Å². The summed E-state index contributed by atoms with van der Waals surface area (Å²) >= 11 is 0. The maximum absolute atomic E-state index is 11.4. The van der Waals surface area contributed by atoms with Gasteiger partial charge in [-0.1, -0.05) is 19.8 Å². The van der Waals surface area contributed by atoms with E-state index >= 15 is 0 Å². The van der Waals surface area contributed by atoms with Gasteiger partial charge in [0.05, 0.1) is 20.1 Å². The number of unbranched alkanes of at least 4 members (excludes halogenated alkanes) is 1. The second-order valence-electron chi connectivity index (χ2n) is 3.73. The molecule has 0 aliphatic carbocycles. The molecule has 100 valence electrons. The molecule has 17 heavy (non-hydrogen) atoms. The van der Waals surface area contributed by atoms with E-state index in [9.17, 15) is 9.59 Å². The van der Waals surface area contributed by atoms with Crippen molar-refractivity contribution in [2.24, 2.45) is 0 Å². The van der Waals surface area contributed by atoms with Crippen LogP contribution in [0.15, 0.2) is 0 Å². The number of carbonyl (C=O) groups is 2. The molecule has 0 aromatic carbocycles. The van der Waals surface area contributed by atoms with Gasteiger partial charge in [0.25, 0.3) is 0 Å². The molecule has 0 saturated heterocycles. The second-order valence-corrected chi connectivity index (χ2v) is 3.73. The van der Waals surface area contributed by atoms with Crippen LogP contribution in [0.1, 0.15) is 39.5 Å². The lowest BCUT2D eigenvalue weighted by atomic mass is 10.1. The Hall–Kier alpha value is -1.10. The Bertz CT molecular complexity index is 231. The third-order valence-electron chi connectivity index (χ3n) is 2.36. The van der Waals surface area contributed by atoms with Gasteiger partial charge >= 0.3 is 11.9 Å². The molecule has 0 aliphatic heterocycles. The SMILES string of the molecule is CCCCC(NCCC(=O)OCC)C(=O)OC. The van der Waals surface area contributed by atoms with Crippen LogP contribution in [0.4, 0.5) is 0 Å².